The van der Waals surface area contributed by atoms with Gasteiger partial charge in [-0.05, 0) is 25.7 Å². The maximum Gasteiger partial charge on any atom is 0.189 e. The van der Waals surface area contributed by atoms with Gasteiger partial charge in [-0.1, -0.05) is 25.6 Å². The third-order valence-corrected chi connectivity index (χ3v) is 4.45. The summed E-state index contributed by atoms with van der Waals surface area (Å²) in [6.45, 7) is 8.81. The predicted molar refractivity (Wildman–Crippen MR) is 49.7 cm³/mol. The minimum atomic E-state index is 0.113. The molecule has 0 bridgehead atoms. The molecule has 0 amide bonds. The van der Waals surface area contributed by atoms with Crippen LogP contribution in [-0.2, 0) is 4.79 Å². The summed E-state index contributed by atoms with van der Waals surface area (Å²) < 4.78 is 0.113. The fraction of sp³-hybridized carbons (Fsp3) is 0.889. The molecule has 1 saturated heterocycles. The largest absolute Gasteiger partial charge is 0.287 e. The summed E-state index contributed by atoms with van der Waals surface area (Å²) in [5.41, 5.74) is 0.297. The fourth-order valence-corrected chi connectivity index (χ4v) is 2.34. The summed E-state index contributed by atoms with van der Waals surface area (Å²) in [5, 5.41) is 0.356. The van der Waals surface area contributed by atoms with Gasteiger partial charge in [0, 0.05) is 11.2 Å². The van der Waals surface area contributed by atoms with Gasteiger partial charge in [-0.3, -0.25) is 4.79 Å². The van der Waals surface area contributed by atoms with E-state index in [1.165, 1.54) is 11.8 Å². The van der Waals surface area contributed by atoms with Crippen LogP contribution in [0.25, 0.3) is 0 Å². The third-order valence-electron chi connectivity index (χ3n) is 2.95. The summed E-state index contributed by atoms with van der Waals surface area (Å²) >= 11 is 1.51. The number of rotatable bonds is 0. The monoisotopic (exact) mass is 172 g/mol. The quantitative estimate of drug-likeness (QED) is 0.559. The van der Waals surface area contributed by atoms with E-state index in [1.807, 2.05) is 0 Å². The standard InChI is InChI=1S/C9H16OS/c1-8(2)6-5-7(10)11-9(8,3)4/h5-6H2,1-4H3. The van der Waals surface area contributed by atoms with Crippen molar-refractivity contribution in [1.29, 1.82) is 0 Å². The second kappa shape index (κ2) is 2.51. The Hall–Kier alpha value is 0.0200. The minimum Gasteiger partial charge on any atom is -0.287 e. The predicted octanol–water partition coefficient (Wildman–Crippen LogP) is 2.84. The van der Waals surface area contributed by atoms with Crippen molar-refractivity contribution in [1.82, 2.24) is 0 Å². The van der Waals surface area contributed by atoms with Gasteiger partial charge in [0.1, 0.15) is 0 Å². The maximum absolute atomic E-state index is 11.1. The molecule has 1 aliphatic rings. The molecule has 1 nitrogen and oxygen atoms in total. The Morgan fingerprint density at radius 2 is 1.82 bits per heavy atom. The van der Waals surface area contributed by atoms with Crippen LogP contribution in [0, 0.1) is 5.41 Å². The molecule has 0 atom stereocenters. The molecule has 11 heavy (non-hydrogen) atoms. The fourth-order valence-electron chi connectivity index (χ4n) is 1.19. The Labute approximate surface area is 72.9 Å². The molecule has 1 heterocycles. The molecule has 1 fully saturated rings. The molecule has 64 valence electrons. The summed E-state index contributed by atoms with van der Waals surface area (Å²) in [6.07, 6.45) is 1.78. The zero-order valence-corrected chi connectivity index (χ0v) is 8.55. The van der Waals surface area contributed by atoms with Crippen molar-refractivity contribution in [2.24, 2.45) is 5.41 Å². The smallest absolute Gasteiger partial charge is 0.189 e. The number of carbonyl (C=O) groups excluding carboxylic acids is 1. The van der Waals surface area contributed by atoms with Crippen LogP contribution in [0.1, 0.15) is 40.5 Å². The summed E-state index contributed by atoms with van der Waals surface area (Å²) in [5.74, 6) is 0. The third kappa shape index (κ3) is 1.61. The zero-order chi connectivity index (χ0) is 8.70. The van der Waals surface area contributed by atoms with Crippen molar-refractivity contribution in [2.75, 3.05) is 0 Å². The van der Waals surface area contributed by atoms with Crippen LogP contribution in [0.5, 0.6) is 0 Å². The average molecular weight is 172 g/mol. The van der Waals surface area contributed by atoms with Crippen molar-refractivity contribution in [2.45, 2.75) is 45.3 Å². The lowest BCUT2D eigenvalue weighted by Crippen LogP contribution is -2.40. The first-order chi connectivity index (χ1) is 4.85. The molecule has 0 unspecified atom stereocenters. The van der Waals surface area contributed by atoms with E-state index < -0.39 is 0 Å². The Balaban J connectivity index is 2.80. The molecule has 0 saturated carbocycles. The first-order valence-electron chi connectivity index (χ1n) is 4.07. The van der Waals surface area contributed by atoms with Gasteiger partial charge in [0.2, 0.25) is 0 Å². The summed E-state index contributed by atoms with van der Waals surface area (Å²) in [7, 11) is 0. The highest BCUT2D eigenvalue weighted by Crippen LogP contribution is 2.49. The van der Waals surface area contributed by atoms with E-state index in [2.05, 4.69) is 27.7 Å². The Morgan fingerprint density at radius 3 is 2.18 bits per heavy atom. The topological polar surface area (TPSA) is 17.1 Å². The molecule has 1 aliphatic heterocycles. The number of hydrogen-bond donors (Lipinski definition) is 0. The van der Waals surface area contributed by atoms with Crippen molar-refractivity contribution < 1.29 is 4.79 Å². The molecule has 0 radical (unpaired) electrons. The maximum atomic E-state index is 11.1. The lowest BCUT2D eigenvalue weighted by molar-refractivity contribution is -0.112. The highest BCUT2D eigenvalue weighted by atomic mass is 32.2. The van der Waals surface area contributed by atoms with Crippen LogP contribution in [-0.4, -0.2) is 9.86 Å². The van der Waals surface area contributed by atoms with Crippen LogP contribution in [0.4, 0.5) is 0 Å². The molecule has 0 aromatic rings. The Bertz CT molecular complexity index is 182. The van der Waals surface area contributed by atoms with Gasteiger partial charge in [-0.15, -0.1) is 0 Å². The van der Waals surface area contributed by atoms with Gasteiger partial charge in [-0.25, -0.2) is 0 Å². The summed E-state index contributed by atoms with van der Waals surface area (Å²) in [6, 6.07) is 0. The normalized spacial score (nSPS) is 28.5. The molecule has 0 N–H and O–H groups in total. The van der Waals surface area contributed by atoms with Gasteiger partial charge in [0.25, 0.3) is 0 Å². The van der Waals surface area contributed by atoms with E-state index in [0.29, 0.717) is 10.5 Å². The molecular formula is C9H16OS. The SMILES string of the molecule is CC1(C)CCC(=O)SC1(C)C. The van der Waals surface area contributed by atoms with E-state index in [-0.39, 0.29) is 4.75 Å². The van der Waals surface area contributed by atoms with Gasteiger partial charge in [0.05, 0.1) is 0 Å². The van der Waals surface area contributed by atoms with Crippen molar-refractivity contribution in [3.05, 3.63) is 0 Å². The van der Waals surface area contributed by atoms with Crippen molar-refractivity contribution in [3.63, 3.8) is 0 Å². The van der Waals surface area contributed by atoms with E-state index in [0.717, 1.165) is 12.8 Å². The highest BCUT2D eigenvalue weighted by Gasteiger charge is 2.42. The molecule has 0 spiro atoms. The van der Waals surface area contributed by atoms with Crippen molar-refractivity contribution in [3.8, 4) is 0 Å². The van der Waals surface area contributed by atoms with E-state index in [1.54, 1.807) is 0 Å². The van der Waals surface area contributed by atoms with Gasteiger partial charge in [-0.2, -0.15) is 0 Å². The van der Waals surface area contributed by atoms with Crippen LogP contribution < -0.4 is 0 Å². The molecule has 0 aromatic carbocycles. The van der Waals surface area contributed by atoms with E-state index in [9.17, 15) is 4.79 Å². The minimum absolute atomic E-state index is 0.113. The lowest BCUT2D eigenvalue weighted by Gasteiger charge is -2.43. The van der Waals surface area contributed by atoms with Crippen LogP contribution in [0.2, 0.25) is 0 Å². The van der Waals surface area contributed by atoms with E-state index in [4.69, 9.17) is 0 Å². The average Bonchev–Trinajstić information content (AvgIpc) is 1.80. The van der Waals surface area contributed by atoms with Crippen LogP contribution in [0.15, 0.2) is 0 Å². The lowest BCUT2D eigenvalue weighted by atomic mass is 9.76. The number of hydrogen-bond acceptors (Lipinski definition) is 2. The first kappa shape index (κ1) is 9.11. The molecular weight excluding hydrogens is 156 g/mol. The molecule has 2 heteroatoms. The van der Waals surface area contributed by atoms with Gasteiger partial charge >= 0.3 is 0 Å². The number of carbonyl (C=O) groups is 1. The highest BCUT2D eigenvalue weighted by molar-refractivity contribution is 8.14. The van der Waals surface area contributed by atoms with Crippen LogP contribution in [0.3, 0.4) is 0 Å². The first-order valence-corrected chi connectivity index (χ1v) is 4.89. The molecule has 0 aliphatic carbocycles. The molecule has 0 aromatic heterocycles. The van der Waals surface area contributed by atoms with Gasteiger partial charge < -0.3 is 0 Å². The molecule has 1 rings (SSSR count). The van der Waals surface area contributed by atoms with Crippen LogP contribution >= 0.6 is 11.8 Å². The van der Waals surface area contributed by atoms with E-state index >= 15 is 0 Å². The second-order valence-corrected chi connectivity index (χ2v) is 6.05. The zero-order valence-electron chi connectivity index (χ0n) is 7.73. The number of thioether (sulfide) groups is 1. The van der Waals surface area contributed by atoms with Crippen molar-refractivity contribution >= 4 is 16.9 Å². The second-order valence-electron chi connectivity index (χ2n) is 4.37. The Morgan fingerprint density at radius 1 is 1.27 bits per heavy atom. The van der Waals surface area contributed by atoms with Gasteiger partial charge in [0.15, 0.2) is 5.12 Å². The Kier molecular flexibility index (Phi) is 2.08. The summed E-state index contributed by atoms with van der Waals surface area (Å²) in [4.78, 5) is 11.1.